The highest BCUT2D eigenvalue weighted by molar-refractivity contribution is 7.80. The van der Waals surface area contributed by atoms with E-state index in [1.54, 1.807) is 11.9 Å². The third-order valence-electron chi connectivity index (χ3n) is 4.57. The summed E-state index contributed by atoms with van der Waals surface area (Å²) in [7, 11) is 2.96. The molecule has 150 valence electrons. The number of carbonyl (C=O) groups is 1. The summed E-state index contributed by atoms with van der Waals surface area (Å²) >= 11 is 5.27. The Morgan fingerprint density at radius 1 is 1.25 bits per heavy atom. The quantitative estimate of drug-likeness (QED) is 0.614. The molecule has 1 amide bonds. The molecule has 1 aromatic heterocycles. The third-order valence-corrected chi connectivity index (χ3v) is 5.14. The number of aromatic nitrogens is 2. The topological polar surface area (TPSA) is 50.2 Å². The molecule has 2 atom stereocenters. The number of aryl methyl sites for hydroxylation is 1. The molecule has 28 heavy (non-hydrogen) atoms. The van der Waals surface area contributed by atoms with E-state index in [2.05, 4.69) is 10.4 Å². The lowest BCUT2D eigenvalue weighted by molar-refractivity contribution is -0.141. The third kappa shape index (κ3) is 3.71. The van der Waals surface area contributed by atoms with Crippen molar-refractivity contribution in [2.75, 3.05) is 18.9 Å². The lowest BCUT2D eigenvalue weighted by Gasteiger charge is -2.18. The number of carbonyl (C=O) groups excluding carboxylic acids is 1. The second-order valence-electron chi connectivity index (χ2n) is 6.49. The number of hydrogen-bond donors (Lipinski definition) is 1. The summed E-state index contributed by atoms with van der Waals surface area (Å²) in [4.78, 5) is 14.6. The molecule has 0 radical (unpaired) electrons. The maximum Gasteiger partial charge on any atom is 0.435 e. The first-order valence-electron chi connectivity index (χ1n) is 8.11. The van der Waals surface area contributed by atoms with Gasteiger partial charge < -0.3 is 10.2 Å². The predicted molar refractivity (Wildman–Crippen MR) is 94.7 cm³/mol. The van der Waals surface area contributed by atoms with Gasteiger partial charge in [0, 0.05) is 38.3 Å². The van der Waals surface area contributed by atoms with E-state index in [1.807, 2.05) is 0 Å². The van der Waals surface area contributed by atoms with E-state index in [1.165, 1.54) is 7.05 Å². The number of thiocarbonyl (C=S) groups is 1. The van der Waals surface area contributed by atoms with Gasteiger partial charge in [0.1, 0.15) is 11.6 Å². The van der Waals surface area contributed by atoms with Crippen LogP contribution < -0.4 is 5.32 Å². The van der Waals surface area contributed by atoms with Gasteiger partial charge in [-0.2, -0.15) is 18.3 Å². The number of benzene rings is 1. The number of likely N-dealkylation sites (tertiary alicyclic amines) is 1. The lowest BCUT2D eigenvalue weighted by atomic mass is 9.91. The first kappa shape index (κ1) is 20.2. The van der Waals surface area contributed by atoms with Gasteiger partial charge in [-0.15, -0.1) is 0 Å². The van der Waals surface area contributed by atoms with Crippen LogP contribution in [0.15, 0.2) is 24.3 Å². The highest BCUT2D eigenvalue weighted by Gasteiger charge is 2.44. The van der Waals surface area contributed by atoms with Crippen LogP contribution in [0.3, 0.4) is 0 Å². The van der Waals surface area contributed by atoms with Crippen LogP contribution in [0.25, 0.3) is 0 Å². The van der Waals surface area contributed by atoms with Crippen LogP contribution in [0.5, 0.6) is 0 Å². The number of nitrogens with one attached hydrogen (secondary N) is 1. The number of hydrogen-bond acceptors (Lipinski definition) is 3. The van der Waals surface area contributed by atoms with E-state index in [0.29, 0.717) is 6.07 Å². The van der Waals surface area contributed by atoms with Crippen molar-refractivity contribution in [2.45, 2.75) is 12.1 Å². The van der Waals surface area contributed by atoms with E-state index in [0.717, 1.165) is 22.9 Å². The molecule has 2 heterocycles. The predicted octanol–water partition coefficient (Wildman–Crippen LogP) is 3.33. The van der Waals surface area contributed by atoms with Crippen molar-refractivity contribution in [3.05, 3.63) is 47.3 Å². The number of amides is 1. The van der Waals surface area contributed by atoms with Crippen molar-refractivity contribution in [1.82, 2.24) is 14.7 Å². The molecule has 1 N–H and O–H groups in total. The summed E-state index contributed by atoms with van der Waals surface area (Å²) < 4.78 is 66.9. The number of nitrogens with zero attached hydrogens (tertiary/aromatic N) is 3. The van der Waals surface area contributed by atoms with Gasteiger partial charge >= 0.3 is 6.18 Å². The van der Waals surface area contributed by atoms with Crippen LogP contribution in [0.4, 0.5) is 27.6 Å². The van der Waals surface area contributed by atoms with Crippen molar-refractivity contribution in [3.63, 3.8) is 0 Å². The Hall–Kier alpha value is -2.56. The second kappa shape index (κ2) is 7.12. The SMILES string of the molecule is CN1C[C@H](c2cc(C(F)(F)F)nn2C)[C@@H](C(=O)Nc2ccc(F)cc2F)C1=S. The van der Waals surface area contributed by atoms with Crippen molar-refractivity contribution in [3.8, 4) is 0 Å². The van der Waals surface area contributed by atoms with Crippen LogP contribution in [0.2, 0.25) is 0 Å². The Morgan fingerprint density at radius 2 is 1.93 bits per heavy atom. The maximum atomic E-state index is 13.9. The van der Waals surface area contributed by atoms with Gasteiger partial charge in [0.05, 0.1) is 16.6 Å². The average Bonchev–Trinajstić information content (AvgIpc) is 3.10. The second-order valence-corrected chi connectivity index (χ2v) is 6.91. The van der Waals surface area contributed by atoms with Gasteiger partial charge in [-0.1, -0.05) is 12.2 Å². The molecule has 2 aromatic rings. The van der Waals surface area contributed by atoms with E-state index in [-0.39, 0.29) is 22.9 Å². The summed E-state index contributed by atoms with van der Waals surface area (Å²) in [5.74, 6) is -4.20. The summed E-state index contributed by atoms with van der Waals surface area (Å²) in [6, 6.07) is 3.53. The number of alkyl halides is 3. The van der Waals surface area contributed by atoms with Crippen molar-refractivity contribution >= 4 is 28.8 Å². The zero-order chi connectivity index (χ0) is 20.8. The molecule has 0 saturated carbocycles. The number of rotatable bonds is 3. The molecule has 0 bridgehead atoms. The first-order valence-corrected chi connectivity index (χ1v) is 8.52. The van der Waals surface area contributed by atoms with Gasteiger partial charge in [-0.3, -0.25) is 9.48 Å². The molecule has 11 heteroatoms. The highest BCUT2D eigenvalue weighted by atomic mass is 32.1. The van der Waals surface area contributed by atoms with Crippen LogP contribution in [0, 0.1) is 17.6 Å². The highest BCUT2D eigenvalue weighted by Crippen LogP contribution is 2.37. The summed E-state index contributed by atoms with van der Waals surface area (Å²) in [6.07, 6.45) is -4.63. The van der Waals surface area contributed by atoms with Crippen LogP contribution in [-0.2, 0) is 18.0 Å². The first-order chi connectivity index (χ1) is 13.0. The minimum atomic E-state index is -4.63. The van der Waals surface area contributed by atoms with Crippen LogP contribution >= 0.6 is 12.2 Å². The van der Waals surface area contributed by atoms with Gasteiger partial charge in [0.15, 0.2) is 5.69 Å². The monoisotopic (exact) mass is 418 g/mol. The minimum Gasteiger partial charge on any atom is -0.368 e. The number of halogens is 5. The van der Waals surface area contributed by atoms with Crippen molar-refractivity contribution in [2.24, 2.45) is 13.0 Å². The molecular formula is C17H15F5N4OS. The molecule has 5 nitrogen and oxygen atoms in total. The van der Waals surface area contributed by atoms with Crippen LogP contribution in [0.1, 0.15) is 17.3 Å². The molecule has 0 unspecified atom stereocenters. The molecule has 1 aliphatic heterocycles. The Morgan fingerprint density at radius 3 is 2.50 bits per heavy atom. The molecule has 1 aromatic carbocycles. The van der Waals surface area contributed by atoms with E-state index >= 15 is 0 Å². The number of anilines is 1. The Kier molecular flexibility index (Phi) is 5.13. The molecule has 3 rings (SSSR count). The molecular weight excluding hydrogens is 403 g/mol. The largest absolute Gasteiger partial charge is 0.435 e. The van der Waals surface area contributed by atoms with Gasteiger partial charge in [-0.05, 0) is 18.2 Å². The Labute approximate surface area is 162 Å². The molecule has 1 aliphatic rings. The van der Waals surface area contributed by atoms with Crippen LogP contribution in [-0.4, -0.2) is 39.2 Å². The Bertz CT molecular complexity index is 942. The average molecular weight is 418 g/mol. The number of likely N-dealkylation sites (N-methyl/N-ethyl adjacent to an activating group) is 1. The van der Waals surface area contributed by atoms with Crippen molar-refractivity contribution in [1.29, 1.82) is 0 Å². The van der Waals surface area contributed by atoms with Gasteiger partial charge in [-0.25, -0.2) is 8.78 Å². The zero-order valence-electron chi connectivity index (χ0n) is 14.7. The lowest BCUT2D eigenvalue weighted by Crippen LogP contribution is -2.32. The van der Waals surface area contributed by atoms with Crippen molar-refractivity contribution < 1.29 is 26.7 Å². The molecule has 1 saturated heterocycles. The van der Waals surface area contributed by atoms with Gasteiger partial charge in [0.25, 0.3) is 0 Å². The molecule has 1 fully saturated rings. The fourth-order valence-electron chi connectivity index (χ4n) is 3.23. The summed E-state index contributed by atoms with van der Waals surface area (Å²) in [5, 5.41) is 5.81. The fourth-order valence-corrected chi connectivity index (χ4v) is 3.57. The van der Waals surface area contributed by atoms with E-state index < -0.39 is 41.2 Å². The minimum absolute atomic E-state index is 0.179. The van der Waals surface area contributed by atoms with E-state index in [9.17, 15) is 26.7 Å². The van der Waals surface area contributed by atoms with Gasteiger partial charge in [0.2, 0.25) is 5.91 Å². The zero-order valence-corrected chi connectivity index (χ0v) is 15.5. The molecule has 0 aliphatic carbocycles. The van der Waals surface area contributed by atoms with E-state index in [4.69, 9.17) is 12.2 Å². The Balaban J connectivity index is 1.93. The summed E-state index contributed by atoms with van der Waals surface area (Å²) in [5.41, 5.74) is -1.14. The smallest absolute Gasteiger partial charge is 0.368 e. The standard InChI is InChI=1S/C17H15F5N4OS/c1-25-7-9(12-6-13(17(20,21)22)24-26(12)2)14(16(25)28)15(27)23-11-4-3-8(18)5-10(11)19/h3-6,9,14H,7H2,1-2H3,(H,23,27)/t9-,14+/m1/s1. The fraction of sp³-hybridized carbons (Fsp3) is 0.353. The molecule has 0 spiro atoms. The normalized spacial score (nSPS) is 20.0. The summed E-state index contributed by atoms with van der Waals surface area (Å²) in [6.45, 7) is 0.194. The maximum absolute atomic E-state index is 13.9.